The molecule has 8 heteroatoms. The minimum atomic E-state index is 0. The lowest BCUT2D eigenvalue weighted by molar-refractivity contribution is -0.00000749. The summed E-state index contributed by atoms with van der Waals surface area (Å²) in [6.45, 7) is 10.8. The number of hydrogen-bond donors (Lipinski definition) is 0. The fourth-order valence-electron chi connectivity index (χ4n) is 5.07. The van der Waals surface area contributed by atoms with Gasteiger partial charge in [0, 0.05) is 38.8 Å². The van der Waals surface area contributed by atoms with E-state index in [1.165, 1.54) is 38.8 Å². The highest BCUT2D eigenvalue weighted by atomic mass is 35.5. The van der Waals surface area contributed by atoms with E-state index in [0.717, 1.165) is 50.9 Å². The summed E-state index contributed by atoms with van der Waals surface area (Å²) in [5, 5.41) is 12.7. The number of rotatable bonds is 6. The van der Waals surface area contributed by atoms with Crippen LogP contribution in [0.25, 0.3) is 0 Å². The lowest BCUT2D eigenvalue weighted by Gasteiger charge is -2.42. The van der Waals surface area contributed by atoms with Crippen LogP contribution in [0, 0.1) is 5.92 Å². The highest BCUT2D eigenvalue weighted by Crippen LogP contribution is 2.30. The van der Waals surface area contributed by atoms with Crippen LogP contribution in [0.15, 0.2) is 0 Å². The Bertz CT molecular complexity index is 562. The molecule has 1 aromatic rings. The summed E-state index contributed by atoms with van der Waals surface area (Å²) in [5.74, 6) is 1.51. The first-order chi connectivity index (χ1) is 12.7. The van der Waals surface area contributed by atoms with Crippen LogP contribution in [-0.4, -0.2) is 74.9 Å². The van der Waals surface area contributed by atoms with E-state index < -0.39 is 0 Å². The summed E-state index contributed by atoms with van der Waals surface area (Å²) in [7, 11) is 0. The molecule has 1 aromatic heterocycles. The van der Waals surface area contributed by atoms with Crippen molar-refractivity contribution in [3.63, 3.8) is 0 Å². The maximum Gasteiger partial charge on any atom is 0.168 e. The Labute approximate surface area is 169 Å². The third-order valence-electron chi connectivity index (χ3n) is 6.44. The van der Waals surface area contributed by atoms with E-state index in [-0.39, 0.29) is 24.6 Å². The first-order valence-corrected chi connectivity index (χ1v) is 10.6. The molecule has 0 radical (unpaired) electrons. The van der Waals surface area contributed by atoms with E-state index in [9.17, 15) is 0 Å². The second kappa shape index (κ2) is 9.63. The van der Waals surface area contributed by atoms with Crippen LogP contribution in [0.4, 0.5) is 0 Å². The minimum absolute atomic E-state index is 0. The molecule has 3 aliphatic rings. The second-order valence-corrected chi connectivity index (χ2v) is 8.55. The summed E-state index contributed by atoms with van der Waals surface area (Å²) < 4.78 is 7.81. The lowest BCUT2D eigenvalue weighted by Crippen LogP contribution is -3.00. The summed E-state index contributed by atoms with van der Waals surface area (Å²) in [6, 6.07) is 1.12. The highest BCUT2D eigenvalue weighted by Gasteiger charge is 2.34. The van der Waals surface area contributed by atoms with E-state index in [1.807, 2.05) is 4.68 Å². The number of tetrazole rings is 1. The molecule has 0 amide bonds. The molecule has 0 N–H and O–H groups in total. The third-order valence-corrected chi connectivity index (χ3v) is 6.44. The van der Waals surface area contributed by atoms with Crippen molar-refractivity contribution in [2.75, 3.05) is 32.8 Å². The van der Waals surface area contributed by atoms with Gasteiger partial charge in [0.25, 0.3) is 0 Å². The Kier molecular flexibility index (Phi) is 7.48. The topological polar surface area (TPSA) is 59.3 Å². The Balaban J connectivity index is 0.00000210. The number of aromatic nitrogens is 4. The normalized spacial score (nSPS) is 26.6. The largest absolute Gasteiger partial charge is 1.00 e. The van der Waals surface area contributed by atoms with Gasteiger partial charge in [-0.05, 0) is 42.0 Å². The maximum absolute atomic E-state index is 5.80. The van der Waals surface area contributed by atoms with E-state index in [0.29, 0.717) is 5.92 Å². The van der Waals surface area contributed by atoms with Gasteiger partial charge >= 0.3 is 0 Å². The van der Waals surface area contributed by atoms with Gasteiger partial charge in [-0.15, -0.1) is 5.10 Å². The zero-order chi connectivity index (χ0) is 17.9. The van der Waals surface area contributed by atoms with Crippen LogP contribution >= 0.6 is 0 Å². The van der Waals surface area contributed by atoms with Crippen LogP contribution in [0.2, 0.25) is 0 Å². The molecule has 1 aliphatic carbocycles. The van der Waals surface area contributed by atoms with Gasteiger partial charge in [-0.1, -0.05) is 26.7 Å². The molecule has 3 heterocycles. The van der Waals surface area contributed by atoms with Gasteiger partial charge in [-0.25, -0.2) is 4.68 Å². The van der Waals surface area contributed by atoms with Crippen LogP contribution < -0.4 is 12.4 Å². The Morgan fingerprint density at radius 3 is 2.41 bits per heavy atom. The van der Waals surface area contributed by atoms with Gasteiger partial charge in [0.05, 0.1) is 18.7 Å². The zero-order valence-corrected chi connectivity index (χ0v) is 17.5. The van der Waals surface area contributed by atoms with Crippen molar-refractivity contribution in [2.45, 2.75) is 77.1 Å². The molecule has 2 aliphatic heterocycles. The predicted molar refractivity (Wildman–Crippen MR) is 99.8 cm³/mol. The minimum Gasteiger partial charge on any atom is -1.00 e. The molecule has 2 atom stereocenters. The molecule has 4 rings (SSSR count). The Morgan fingerprint density at radius 2 is 1.78 bits per heavy atom. The smallest absolute Gasteiger partial charge is 0.168 e. The van der Waals surface area contributed by atoms with E-state index in [2.05, 4.69) is 39.2 Å². The fourth-order valence-corrected chi connectivity index (χ4v) is 5.07. The summed E-state index contributed by atoms with van der Waals surface area (Å²) in [4.78, 5) is 5.32. The molecule has 2 unspecified atom stereocenters. The predicted octanol–water partition coefficient (Wildman–Crippen LogP) is -0.887. The van der Waals surface area contributed by atoms with Crippen LogP contribution in [-0.2, 0) is 11.3 Å². The number of piperazine rings is 1. The standard InChI is InChI=1S/C19H34N6O.ClH/c1-15(2)18(19-20-21-22-25(19)14-17-8-5-13-26-17)24-11-9-23(10-12-24)16-6-3-4-7-16;/h15-18H,3-14H2,1-2H3;1H/p-1. The molecule has 1 saturated carbocycles. The quantitative estimate of drug-likeness (QED) is 0.621. The molecule has 0 aromatic carbocycles. The summed E-state index contributed by atoms with van der Waals surface area (Å²) in [6.07, 6.45) is 8.16. The van der Waals surface area contributed by atoms with Crippen LogP contribution in [0.5, 0.6) is 0 Å². The van der Waals surface area contributed by atoms with E-state index >= 15 is 0 Å². The number of hydrogen-bond acceptors (Lipinski definition) is 6. The van der Waals surface area contributed by atoms with Crippen molar-refractivity contribution >= 4 is 0 Å². The highest BCUT2D eigenvalue weighted by molar-refractivity contribution is 4.98. The van der Waals surface area contributed by atoms with Gasteiger partial charge in [0.1, 0.15) is 0 Å². The molecule has 27 heavy (non-hydrogen) atoms. The van der Waals surface area contributed by atoms with Gasteiger partial charge < -0.3 is 17.1 Å². The maximum atomic E-state index is 5.80. The summed E-state index contributed by atoms with van der Waals surface area (Å²) in [5.41, 5.74) is 0. The third kappa shape index (κ3) is 4.81. The first-order valence-electron chi connectivity index (χ1n) is 10.6. The van der Waals surface area contributed by atoms with Crippen molar-refractivity contribution in [2.24, 2.45) is 5.92 Å². The molecule has 0 spiro atoms. The van der Waals surface area contributed by atoms with Crippen molar-refractivity contribution in [1.29, 1.82) is 0 Å². The van der Waals surface area contributed by atoms with Crippen molar-refractivity contribution in [1.82, 2.24) is 30.0 Å². The monoisotopic (exact) mass is 397 g/mol. The molecule has 3 fully saturated rings. The van der Waals surface area contributed by atoms with Crippen molar-refractivity contribution in [3.8, 4) is 0 Å². The number of nitrogens with zero attached hydrogens (tertiary/aromatic N) is 6. The zero-order valence-electron chi connectivity index (χ0n) is 16.8. The van der Waals surface area contributed by atoms with Gasteiger partial charge in [-0.2, -0.15) is 0 Å². The second-order valence-electron chi connectivity index (χ2n) is 8.55. The van der Waals surface area contributed by atoms with Crippen LogP contribution in [0.1, 0.15) is 64.2 Å². The summed E-state index contributed by atoms with van der Waals surface area (Å²) >= 11 is 0. The Morgan fingerprint density at radius 1 is 1.04 bits per heavy atom. The SMILES string of the molecule is CC(C)C(c1nnnn1CC1CCCO1)N1CCN(C2CCCC2)CC1.[Cl-]. The Hall–Kier alpha value is -0.760. The lowest BCUT2D eigenvalue weighted by atomic mass is 10.00. The fraction of sp³-hybridized carbons (Fsp3) is 0.947. The first kappa shape index (κ1) is 21.0. The average Bonchev–Trinajstić information content (AvgIpc) is 3.39. The van der Waals surface area contributed by atoms with Gasteiger partial charge in [0.2, 0.25) is 0 Å². The van der Waals surface area contributed by atoms with Gasteiger partial charge in [0.15, 0.2) is 5.82 Å². The van der Waals surface area contributed by atoms with Crippen molar-refractivity contribution in [3.05, 3.63) is 5.82 Å². The average molecular weight is 398 g/mol. The molecular formula is C19H34ClN6O-. The molecule has 2 saturated heterocycles. The molecular weight excluding hydrogens is 364 g/mol. The van der Waals surface area contributed by atoms with Crippen molar-refractivity contribution < 1.29 is 17.1 Å². The number of ether oxygens (including phenoxy) is 1. The van der Waals surface area contributed by atoms with Crippen LogP contribution in [0.3, 0.4) is 0 Å². The molecule has 7 nitrogen and oxygen atoms in total. The molecule has 0 bridgehead atoms. The molecule has 154 valence electrons. The van der Waals surface area contributed by atoms with Gasteiger partial charge in [-0.3, -0.25) is 9.80 Å². The van der Waals surface area contributed by atoms with E-state index in [1.54, 1.807) is 0 Å². The van der Waals surface area contributed by atoms with E-state index in [4.69, 9.17) is 4.74 Å². The number of halogens is 1.